The summed E-state index contributed by atoms with van der Waals surface area (Å²) in [6, 6.07) is 4.99. The number of rotatable bonds is 4. The fourth-order valence-corrected chi connectivity index (χ4v) is 4.56. The SMILES string of the molecule is COc1cc(C2N=C(NC#N)Nc3nc(N)c(C#N)c(N)c32)cc(Br)c1OC1CCCC1. The Bertz CT molecular complexity index is 1180. The molecule has 11 heteroatoms. The number of methoxy groups -OCH3 is 1. The van der Waals surface area contributed by atoms with Gasteiger partial charge in [-0.05, 0) is 59.3 Å². The van der Waals surface area contributed by atoms with Crippen molar-refractivity contribution in [3.05, 3.63) is 33.3 Å². The smallest absolute Gasteiger partial charge is 0.211 e. The predicted octanol–water partition coefficient (Wildman–Crippen LogP) is 3.15. The molecule has 0 saturated heterocycles. The van der Waals surface area contributed by atoms with Crippen molar-refractivity contribution < 1.29 is 9.47 Å². The number of benzene rings is 1. The molecule has 164 valence electrons. The molecule has 0 spiro atoms. The maximum absolute atomic E-state index is 9.49. The van der Waals surface area contributed by atoms with Crippen LogP contribution in [0.3, 0.4) is 0 Å². The van der Waals surface area contributed by atoms with Gasteiger partial charge in [0, 0.05) is 5.56 Å². The highest BCUT2D eigenvalue weighted by Gasteiger charge is 2.31. The summed E-state index contributed by atoms with van der Waals surface area (Å²) in [4.78, 5) is 8.85. The van der Waals surface area contributed by atoms with Crippen molar-refractivity contribution in [2.24, 2.45) is 4.99 Å². The van der Waals surface area contributed by atoms with E-state index in [1.54, 1.807) is 7.11 Å². The van der Waals surface area contributed by atoms with Gasteiger partial charge >= 0.3 is 0 Å². The Hall–Kier alpha value is -3.70. The van der Waals surface area contributed by atoms with Crippen LogP contribution in [0.15, 0.2) is 21.6 Å². The second-order valence-electron chi connectivity index (χ2n) is 7.46. The number of hydrogen-bond acceptors (Lipinski definition) is 10. The van der Waals surface area contributed by atoms with Crippen LogP contribution in [-0.4, -0.2) is 24.2 Å². The summed E-state index contributed by atoms with van der Waals surface area (Å²) in [5.74, 6) is 1.65. The fraction of sp³-hybridized carbons (Fsp3) is 0.333. The fourth-order valence-electron chi connectivity index (χ4n) is 4.01. The zero-order valence-corrected chi connectivity index (χ0v) is 18.9. The molecule has 1 saturated carbocycles. The number of halogens is 1. The number of nitrogen functional groups attached to an aromatic ring is 2. The lowest BCUT2D eigenvalue weighted by Crippen LogP contribution is -2.32. The van der Waals surface area contributed by atoms with E-state index in [4.69, 9.17) is 26.2 Å². The van der Waals surface area contributed by atoms with Crippen LogP contribution in [0.1, 0.15) is 48.4 Å². The molecule has 2 aromatic rings. The Labute approximate surface area is 193 Å². The van der Waals surface area contributed by atoms with Gasteiger partial charge in [-0.25, -0.2) is 9.98 Å². The van der Waals surface area contributed by atoms with Crippen LogP contribution in [0, 0.1) is 22.8 Å². The molecule has 2 heterocycles. The van der Waals surface area contributed by atoms with E-state index in [0.717, 1.165) is 25.7 Å². The molecule has 1 aromatic heterocycles. The number of pyridine rings is 1. The summed E-state index contributed by atoms with van der Waals surface area (Å²) in [5.41, 5.74) is 13.6. The van der Waals surface area contributed by atoms with Gasteiger partial charge in [-0.1, -0.05) is 0 Å². The second-order valence-corrected chi connectivity index (χ2v) is 8.31. The lowest BCUT2D eigenvalue weighted by Gasteiger charge is -2.27. The molecule has 1 aromatic carbocycles. The van der Waals surface area contributed by atoms with Gasteiger partial charge in [0.25, 0.3) is 0 Å². The zero-order valence-electron chi connectivity index (χ0n) is 17.3. The molecule has 2 aliphatic rings. The van der Waals surface area contributed by atoms with E-state index < -0.39 is 6.04 Å². The van der Waals surface area contributed by atoms with Crippen molar-refractivity contribution in [3.63, 3.8) is 0 Å². The first-order valence-electron chi connectivity index (χ1n) is 9.99. The third-order valence-corrected chi connectivity index (χ3v) is 6.10. The molecule has 0 bridgehead atoms. The van der Waals surface area contributed by atoms with Gasteiger partial charge in [-0.15, -0.1) is 0 Å². The Morgan fingerprint density at radius 3 is 2.66 bits per heavy atom. The molecule has 1 fully saturated rings. The van der Waals surface area contributed by atoms with E-state index in [1.165, 1.54) is 0 Å². The molecule has 6 N–H and O–H groups in total. The summed E-state index contributed by atoms with van der Waals surface area (Å²) in [5, 5.41) is 23.9. The van der Waals surface area contributed by atoms with Gasteiger partial charge in [0.05, 0.1) is 23.4 Å². The molecule has 10 nitrogen and oxygen atoms in total. The van der Waals surface area contributed by atoms with Crippen LogP contribution < -0.4 is 31.6 Å². The van der Waals surface area contributed by atoms with E-state index in [1.807, 2.05) is 24.4 Å². The van der Waals surface area contributed by atoms with Gasteiger partial charge in [0.15, 0.2) is 17.7 Å². The number of guanidine groups is 1. The Morgan fingerprint density at radius 2 is 2.00 bits per heavy atom. The minimum absolute atomic E-state index is 0.00715. The van der Waals surface area contributed by atoms with Crippen LogP contribution in [0.25, 0.3) is 0 Å². The largest absolute Gasteiger partial charge is 0.493 e. The molecule has 1 unspecified atom stereocenters. The van der Waals surface area contributed by atoms with E-state index in [-0.39, 0.29) is 29.1 Å². The number of nitrogens with zero attached hydrogens (tertiary/aromatic N) is 4. The topological polar surface area (TPSA) is 167 Å². The first kappa shape index (κ1) is 21.5. The quantitative estimate of drug-likeness (QED) is 0.366. The number of anilines is 3. The highest BCUT2D eigenvalue weighted by atomic mass is 79.9. The number of hydrogen-bond donors (Lipinski definition) is 4. The molecule has 0 radical (unpaired) electrons. The maximum Gasteiger partial charge on any atom is 0.211 e. The molecular weight excluding hydrogens is 476 g/mol. The number of aromatic nitrogens is 1. The maximum atomic E-state index is 9.49. The Morgan fingerprint density at radius 1 is 1.25 bits per heavy atom. The minimum atomic E-state index is -0.673. The number of fused-ring (bicyclic) bond motifs is 1. The van der Waals surface area contributed by atoms with Crippen molar-refractivity contribution >= 4 is 39.2 Å². The van der Waals surface area contributed by atoms with Crippen molar-refractivity contribution in [2.45, 2.75) is 37.8 Å². The number of nitriles is 2. The second kappa shape index (κ2) is 8.81. The van der Waals surface area contributed by atoms with E-state index in [9.17, 15) is 5.26 Å². The molecule has 1 aliphatic carbocycles. The number of aliphatic imine (C=N–C) groups is 1. The van der Waals surface area contributed by atoms with Gasteiger partial charge < -0.3 is 26.3 Å². The van der Waals surface area contributed by atoms with Crippen LogP contribution in [0.2, 0.25) is 0 Å². The van der Waals surface area contributed by atoms with E-state index in [0.29, 0.717) is 32.9 Å². The molecule has 32 heavy (non-hydrogen) atoms. The summed E-state index contributed by atoms with van der Waals surface area (Å²) in [7, 11) is 1.57. The number of ether oxygens (including phenoxy) is 2. The van der Waals surface area contributed by atoms with Crippen LogP contribution in [-0.2, 0) is 0 Å². The normalized spacial score (nSPS) is 17.4. The van der Waals surface area contributed by atoms with Crippen LogP contribution in [0.5, 0.6) is 11.5 Å². The summed E-state index contributed by atoms with van der Waals surface area (Å²) >= 11 is 3.60. The highest BCUT2D eigenvalue weighted by molar-refractivity contribution is 9.10. The first-order valence-corrected chi connectivity index (χ1v) is 10.8. The van der Waals surface area contributed by atoms with Crippen LogP contribution >= 0.6 is 15.9 Å². The average Bonchev–Trinajstić information content (AvgIpc) is 3.28. The van der Waals surface area contributed by atoms with Gasteiger partial charge in [-0.3, -0.25) is 5.32 Å². The molecule has 1 atom stereocenters. The molecule has 0 amide bonds. The van der Waals surface area contributed by atoms with Crippen molar-refractivity contribution in [3.8, 4) is 23.8 Å². The highest BCUT2D eigenvalue weighted by Crippen LogP contribution is 2.45. The average molecular weight is 497 g/mol. The molecule has 1 aliphatic heterocycles. The summed E-state index contributed by atoms with van der Waals surface area (Å²) < 4.78 is 12.5. The number of nitrogens with two attached hydrogens (primary N) is 2. The standard InChI is InChI=1S/C21H21BrN8O2/c1-31-14-7-10(6-13(22)18(14)32-11-4-2-3-5-11)17-15-16(25)12(8-23)19(26)29-20(15)30-21(28-17)27-9-24/h6-7,11,17H,2-5H2,1H3,(H6,25,26,27,28,29,30). The first-order chi connectivity index (χ1) is 15.5. The van der Waals surface area contributed by atoms with Crippen molar-refractivity contribution in [2.75, 3.05) is 23.9 Å². The van der Waals surface area contributed by atoms with Gasteiger partial charge in [0.2, 0.25) is 5.96 Å². The lowest BCUT2D eigenvalue weighted by molar-refractivity contribution is 0.199. The van der Waals surface area contributed by atoms with E-state index in [2.05, 4.69) is 36.5 Å². The lowest BCUT2D eigenvalue weighted by atomic mass is 9.95. The zero-order chi connectivity index (χ0) is 22.8. The van der Waals surface area contributed by atoms with Gasteiger partial charge in [-0.2, -0.15) is 10.5 Å². The van der Waals surface area contributed by atoms with Crippen LogP contribution in [0.4, 0.5) is 17.3 Å². The summed E-state index contributed by atoms with van der Waals surface area (Å²) in [6.45, 7) is 0. The third-order valence-electron chi connectivity index (χ3n) is 5.51. The minimum Gasteiger partial charge on any atom is -0.493 e. The third kappa shape index (κ3) is 3.83. The van der Waals surface area contributed by atoms with Gasteiger partial charge in [0.1, 0.15) is 29.3 Å². The predicted molar refractivity (Wildman–Crippen MR) is 123 cm³/mol. The van der Waals surface area contributed by atoms with E-state index >= 15 is 0 Å². The Kier molecular flexibility index (Phi) is 5.93. The monoisotopic (exact) mass is 496 g/mol. The Balaban J connectivity index is 1.84. The molecule has 4 rings (SSSR count). The van der Waals surface area contributed by atoms with Crippen molar-refractivity contribution in [1.82, 2.24) is 10.3 Å². The summed E-state index contributed by atoms with van der Waals surface area (Å²) in [6.07, 6.45) is 6.29. The molecular formula is C21H21BrN8O2. The van der Waals surface area contributed by atoms with Crippen molar-refractivity contribution in [1.29, 1.82) is 10.5 Å². The number of nitrogens with one attached hydrogen (secondary N) is 2.